The van der Waals surface area contributed by atoms with Crippen LogP contribution in [0.25, 0.3) is 0 Å². The average Bonchev–Trinajstić information content (AvgIpc) is 2.46. The van der Waals surface area contributed by atoms with Gasteiger partial charge in [0.05, 0.1) is 39.3 Å². The van der Waals surface area contributed by atoms with Crippen molar-refractivity contribution in [3.63, 3.8) is 0 Å². The summed E-state index contributed by atoms with van der Waals surface area (Å²) in [6.07, 6.45) is 10.1. The molecule has 0 N–H and O–H groups in total. The lowest BCUT2D eigenvalue weighted by atomic mass is 10.2. The minimum Gasteiger partial charge on any atom is -1.00 e. The van der Waals surface area contributed by atoms with E-state index in [0.29, 0.717) is 0 Å². The highest BCUT2D eigenvalue weighted by atomic mass is 35.5. The molecule has 134 valence electrons. The maximum atomic E-state index is 3.93. The first-order chi connectivity index (χ1) is 10.1. The molecule has 0 rings (SSSR count). The molecule has 0 aliphatic carbocycles. The normalized spacial score (nSPS) is 10.7. The molecule has 4 heteroatoms. The molecule has 0 aliphatic heterocycles. The van der Waals surface area contributed by atoms with Gasteiger partial charge in [0.2, 0.25) is 0 Å². The summed E-state index contributed by atoms with van der Waals surface area (Å²) < 4.78 is 1.96. The van der Waals surface area contributed by atoms with Crippen LogP contribution in [-0.4, -0.2) is 61.3 Å². The number of halogens is 2. The monoisotopic (exact) mass is 360 g/mol. The van der Waals surface area contributed by atoms with E-state index < -0.39 is 0 Å². The van der Waals surface area contributed by atoms with Crippen molar-refractivity contribution >= 4 is 0 Å². The summed E-state index contributed by atoms with van der Waals surface area (Å²) in [5.41, 5.74) is 0. The minimum absolute atomic E-state index is 0. The molecule has 0 radical (unpaired) electrons. The molecule has 0 bridgehead atoms. The Morgan fingerprint density at radius 1 is 0.565 bits per heavy atom. The molecule has 23 heavy (non-hydrogen) atoms. The Bertz CT molecular complexity index is 328. The maximum Gasteiger partial charge on any atom is 0.129 e. The largest absolute Gasteiger partial charge is 1.00 e. The molecule has 0 aliphatic rings. The van der Waals surface area contributed by atoms with Gasteiger partial charge < -0.3 is 33.8 Å². The molecule has 0 fully saturated rings. The van der Waals surface area contributed by atoms with Gasteiger partial charge >= 0.3 is 0 Å². The van der Waals surface area contributed by atoms with Crippen LogP contribution in [0.15, 0.2) is 63.3 Å². The standard InChI is InChI=1S/C19H34N2.2ClH/c1-7-13-20(12-6,14-8-2)18-19-21(15-9-3,16-10-4)17-11-5;;/h7-11H,1-5,12-19H2,6H3;2*1H/q+2;;/p-2. The number of rotatable bonds is 14. The lowest BCUT2D eigenvalue weighted by molar-refractivity contribution is -0.968. The fourth-order valence-corrected chi connectivity index (χ4v) is 2.96. The fourth-order valence-electron chi connectivity index (χ4n) is 2.96. The van der Waals surface area contributed by atoms with E-state index in [4.69, 9.17) is 0 Å². The van der Waals surface area contributed by atoms with Crippen LogP contribution in [0.3, 0.4) is 0 Å². The molecule has 0 aromatic carbocycles. The smallest absolute Gasteiger partial charge is 0.129 e. The van der Waals surface area contributed by atoms with Crippen molar-refractivity contribution in [1.29, 1.82) is 0 Å². The average molecular weight is 361 g/mol. The predicted molar refractivity (Wildman–Crippen MR) is 96.1 cm³/mol. The first-order valence-electron chi connectivity index (χ1n) is 7.82. The fraction of sp³-hybridized carbons (Fsp3) is 0.474. The third-order valence-corrected chi connectivity index (χ3v) is 4.30. The Balaban J connectivity index is -0.00000200. The summed E-state index contributed by atoms with van der Waals surface area (Å²) in [6.45, 7) is 30.0. The molecule has 0 saturated heterocycles. The van der Waals surface area contributed by atoms with Crippen LogP contribution in [0.2, 0.25) is 0 Å². The topological polar surface area (TPSA) is 0 Å². The van der Waals surface area contributed by atoms with Crippen molar-refractivity contribution in [3.8, 4) is 0 Å². The van der Waals surface area contributed by atoms with E-state index in [9.17, 15) is 0 Å². The van der Waals surface area contributed by atoms with Gasteiger partial charge in [-0.1, -0.05) is 32.9 Å². The summed E-state index contributed by atoms with van der Waals surface area (Å²) in [5.74, 6) is 0. The number of quaternary nitrogens is 2. The van der Waals surface area contributed by atoms with Gasteiger partial charge in [-0.3, -0.25) is 0 Å². The zero-order chi connectivity index (χ0) is 16.2. The lowest BCUT2D eigenvalue weighted by Crippen LogP contribution is -3.00. The zero-order valence-electron chi connectivity index (χ0n) is 14.7. The molecule has 0 unspecified atom stereocenters. The van der Waals surface area contributed by atoms with Crippen molar-refractivity contribution in [3.05, 3.63) is 63.3 Å². The summed E-state index contributed by atoms with van der Waals surface area (Å²) in [6, 6.07) is 0. The van der Waals surface area contributed by atoms with Gasteiger partial charge in [-0.15, -0.1) is 0 Å². The second-order valence-corrected chi connectivity index (χ2v) is 5.80. The van der Waals surface area contributed by atoms with Gasteiger partial charge in [0.15, 0.2) is 0 Å². The summed E-state index contributed by atoms with van der Waals surface area (Å²) in [4.78, 5) is 0. The van der Waals surface area contributed by atoms with Crippen LogP contribution in [0, 0.1) is 0 Å². The van der Waals surface area contributed by atoms with E-state index in [1.807, 2.05) is 30.4 Å². The van der Waals surface area contributed by atoms with Crippen molar-refractivity contribution in [2.24, 2.45) is 0 Å². The Morgan fingerprint density at radius 2 is 0.826 bits per heavy atom. The highest BCUT2D eigenvalue weighted by Gasteiger charge is 2.30. The summed E-state index contributed by atoms with van der Waals surface area (Å²) in [5, 5.41) is 0. The molecule has 0 saturated carbocycles. The van der Waals surface area contributed by atoms with E-state index in [2.05, 4.69) is 39.8 Å². The summed E-state index contributed by atoms with van der Waals surface area (Å²) in [7, 11) is 0. The van der Waals surface area contributed by atoms with E-state index in [1.54, 1.807) is 0 Å². The van der Waals surface area contributed by atoms with Gasteiger partial charge in [0.25, 0.3) is 0 Å². The molecule has 0 amide bonds. The van der Waals surface area contributed by atoms with E-state index in [0.717, 1.165) is 61.3 Å². The molecular weight excluding hydrogens is 327 g/mol. The molecule has 0 aromatic heterocycles. The lowest BCUT2D eigenvalue weighted by Gasteiger charge is -2.42. The SMILES string of the molecule is C=CC[N+](CC)(CC=C)CC[N+](CC=C)(CC=C)CC=C.[Cl-].[Cl-]. The van der Waals surface area contributed by atoms with Crippen LogP contribution in [0.5, 0.6) is 0 Å². The molecule has 0 atom stereocenters. The van der Waals surface area contributed by atoms with E-state index in [-0.39, 0.29) is 24.8 Å². The quantitative estimate of drug-likeness (QED) is 0.239. The number of likely N-dealkylation sites (N-methyl/N-ethyl adjacent to an activating group) is 1. The van der Waals surface area contributed by atoms with E-state index >= 15 is 0 Å². The van der Waals surface area contributed by atoms with Gasteiger partial charge in [-0.2, -0.15) is 0 Å². The Labute approximate surface area is 156 Å². The van der Waals surface area contributed by atoms with Crippen molar-refractivity contribution < 1.29 is 33.8 Å². The van der Waals surface area contributed by atoms with Gasteiger partial charge in [-0.05, 0) is 37.3 Å². The zero-order valence-corrected chi connectivity index (χ0v) is 16.2. The first kappa shape index (κ1) is 27.1. The Morgan fingerprint density at radius 3 is 1.09 bits per heavy atom. The van der Waals surface area contributed by atoms with Crippen LogP contribution in [-0.2, 0) is 0 Å². The molecule has 0 spiro atoms. The highest BCUT2D eigenvalue weighted by molar-refractivity contribution is 4.77. The van der Waals surface area contributed by atoms with Crippen molar-refractivity contribution in [2.45, 2.75) is 6.92 Å². The Hall–Kier alpha value is -0.800. The second kappa shape index (κ2) is 14.8. The number of nitrogens with zero attached hydrogens (tertiary/aromatic N) is 2. The van der Waals surface area contributed by atoms with Crippen LogP contribution < -0.4 is 24.8 Å². The van der Waals surface area contributed by atoms with Crippen molar-refractivity contribution in [2.75, 3.05) is 52.4 Å². The predicted octanol–water partition coefficient (Wildman–Crippen LogP) is -2.42. The minimum atomic E-state index is 0. The third kappa shape index (κ3) is 9.17. The third-order valence-electron chi connectivity index (χ3n) is 4.30. The highest BCUT2D eigenvalue weighted by Crippen LogP contribution is 2.14. The van der Waals surface area contributed by atoms with E-state index in [1.165, 1.54) is 0 Å². The van der Waals surface area contributed by atoms with Crippen LogP contribution >= 0.6 is 0 Å². The molecule has 0 heterocycles. The maximum absolute atomic E-state index is 3.93. The molecule has 0 aromatic rings. The van der Waals surface area contributed by atoms with Gasteiger partial charge in [0.1, 0.15) is 13.1 Å². The Kier molecular flexibility index (Phi) is 17.4. The van der Waals surface area contributed by atoms with Crippen LogP contribution in [0.4, 0.5) is 0 Å². The molecule has 2 nitrogen and oxygen atoms in total. The summed E-state index contributed by atoms with van der Waals surface area (Å²) >= 11 is 0. The first-order valence-corrected chi connectivity index (χ1v) is 7.82. The number of hydrogen-bond donors (Lipinski definition) is 0. The molecular formula is C19H34Cl2N2. The van der Waals surface area contributed by atoms with Gasteiger partial charge in [-0.25, -0.2) is 0 Å². The van der Waals surface area contributed by atoms with Crippen LogP contribution in [0.1, 0.15) is 6.92 Å². The van der Waals surface area contributed by atoms with Gasteiger partial charge in [0, 0.05) is 0 Å². The van der Waals surface area contributed by atoms with Crippen molar-refractivity contribution in [1.82, 2.24) is 0 Å². The second-order valence-electron chi connectivity index (χ2n) is 5.80. The number of hydrogen-bond acceptors (Lipinski definition) is 0.